The Kier molecular flexibility index (Phi) is 9.44. The summed E-state index contributed by atoms with van der Waals surface area (Å²) in [7, 11) is 2.18. The van der Waals surface area contributed by atoms with E-state index in [9.17, 15) is 14.0 Å². The molecule has 2 heterocycles. The number of benzene rings is 3. The molecule has 0 saturated carbocycles. The van der Waals surface area contributed by atoms with Gasteiger partial charge in [0.1, 0.15) is 23.1 Å². The molecule has 0 atom stereocenters. The topological polar surface area (TPSA) is 62.3 Å². The zero-order valence-corrected chi connectivity index (χ0v) is 23.4. The predicted molar refractivity (Wildman–Crippen MR) is 158 cm³/mol. The quantitative estimate of drug-likeness (QED) is 0.170. The van der Waals surface area contributed by atoms with E-state index in [0.717, 1.165) is 56.9 Å². The molecule has 2 fully saturated rings. The van der Waals surface area contributed by atoms with Crippen molar-refractivity contribution in [1.82, 2.24) is 9.80 Å². The summed E-state index contributed by atoms with van der Waals surface area (Å²) in [5.74, 6) is 0.851. The van der Waals surface area contributed by atoms with E-state index in [1.807, 2.05) is 24.3 Å². The number of anilines is 1. The molecule has 2 aliphatic rings. The van der Waals surface area contributed by atoms with Crippen LogP contribution in [-0.2, 0) is 9.59 Å². The third-order valence-corrected chi connectivity index (χ3v) is 7.42. The van der Waals surface area contributed by atoms with Crippen molar-refractivity contribution in [3.8, 4) is 17.2 Å². The van der Waals surface area contributed by atoms with Crippen LogP contribution >= 0.6 is 0 Å². The molecule has 5 rings (SSSR count). The van der Waals surface area contributed by atoms with Crippen molar-refractivity contribution in [2.24, 2.45) is 0 Å². The van der Waals surface area contributed by atoms with E-state index < -0.39 is 0 Å². The van der Waals surface area contributed by atoms with Crippen molar-refractivity contribution < 1.29 is 23.5 Å². The van der Waals surface area contributed by atoms with Crippen molar-refractivity contribution in [1.29, 1.82) is 0 Å². The molecule has 0 radical (unpaired) electrons. The lowest BCUT2D eigenvalue weighted by molar-refractivity contribution is -0.120. The summed E-state index contributed by atoms with van der Waals surface area (Å²) in [4.78, 5) is 31.9. The van der Waals surface area contributed by atoms with Crippen LogP contribution in [0.4, 0.5) is 10.1 Å². The maximum absolute atomic E-state index is 13.1. The second-order valence-corrected chi connectivity index (χ2v) is 10.6. The van der Waals surface area contributed by atoms with E-state index in [4.69, 9.17) is 9.47 Å². The molecule has 3 aromatic carbocycles. The van der Waals surface area contributed by atoms with Crippen LogP contribution in [0.1, 0.15) is 31.2 Å². The number of imide groups is 1. The fraction of sp³-hybridized carbons (Fsp3) is 0.333. The Morgan fingerprint density at radius 2 is 1.41 bits per heavy atom. The van der Waals surface area contributed by atoms with E-state index in [2.05, 4.69) is 16.8 Å². The van der Waals surface area contributed by atoms with Gasteiger partial charge in [-0.1, -0.05) is 12.1 Å². The molecular formula is C33H36FN3O4. The zero-order chi connectivity index (χ0) is 28.6. The number of amides is 2. The smallest absolute Gasteiger partial charge is 0.261 e. The molecule has 0 unspecified atom stereocenters. The summed E-state index contributed by atoms with van der Waals surface area (Å²) < 4.78 is 24.7. The van der Waals surface area contributed by atoms with Gasteiger partial charge in [0.05, 0.1) is 18.7 Å². The van der Waals surface area contributed by atoms with E-state index in [0.29, 0.717) is 29.4 Å². The molecule has 8 heteroatoms. The first kappa shape index (κ1) is 28.5. The maximum atomic E-state index is 13.1. The number of hydrogen-bond acceptors (Lipinski definition) is 6. The molecule has 2 saturated heterocycles. The zero-order valence-electron chi connectivity index (χ0n) is 23.4. The Morgan fingerprint density at radius 3 is 2.10 bits per heavy atom. The highest BCUT2D eigenvalue weighted by Crippen LogP contribution is 2.30. The molecule has 3 aromatic rings. The monoisotopic (exact) mass is 557 g/mol. The van der Waals surface area contributed by atoms with Crippen LogP contribution in [0.3, 0.4) is 0 Å². The highest BCUT2D eigenvalue weighted by molar-refractivity contribution is 6.29. The summed E-state index contributed by atoms with van der Waals surface area (Å²) in [6.07, 6.45) is 5.16. The highest BCUT2D eigenvalue weighted by atomic mass is 19.1. The van der Waals surface area contributed by atoms with Crippen molar-refractivity contribution in [2.45, 2.75) is 25.7 Å². The third kappa shape index (κ3) is 7.80. The van der Waals surface area contributed by atoms with Crippen molar-refractivity contribution in [3.05, 3.63) is 89.8 Å². The molecule has 0 spiro atoms. The van der Waals surface area contributed by atoms with Crippen LogP contribution in [0.25, 0.3) is 6.08 Å². The second kappa shape index (κ2) is 13.6. The van der Waals surface area contributed by atoms with Gasteiger partial charge in [0.2, 0.25) is 5.91 Å². The number of ether oxygens (including phenoxy) is 2. The standard InChI is InChI=1S/C33H36FN3O4/c1-35-18-20-36(21-19-35)17-3-2-4-22-40-29-11-5-25(6-12-29)23-26-24-32(38)37(33(26)39)28-9-15-31(16-10-28)41-30-13-7-27(34)8-14-30/h5-16,23H,2-4,17-22,24H2,1H3. The molecular weight excluding hydrogens is 521 g/mol. The average molecular weight is 558 g/mol. The summed E-state index contributed by atoms with van der Waals surface area (Å²) in [5, 5.41) is 0. The van der Waals surface area contributed by atoms with E-state index in [-0.39, 0.29) is 24.1 Å². The van der Waals surface area contributed by atoms with E-state index >= 15 is 0 Å². The SMILES string of the molecule is CN1CCN(CCCCCOc2ccc(C=C3CC(=O)N(c4ccc(Oc5ccc(F)cc5)cc4)C3=O)cc2)CC1. The first-order valence-electron chi connectivity index (χ1n) is 14.2. The predicted octanol–water partition coefficient (Wildman–Crippen LogP) is 5.76. The number of hydrogen-bond donors (Lipinski definition) is 0. The van der Waals surface area contributed by atoms with E-state index in [1.54, 1.807) is 30.3 Å². The molecule has 0 aromatic heterocycles. The van der Waals surface area contributed by atoms with Crippen LogP contribution in [0, 0.1) is 5.82 Å². The number of halogens is 1. The largest absolute Gasteiger partial charge is 0.494 e. The molecule has 0 N–H and O–H groups in total. The number of rotatable bonds is 11. The fourth-order valence-electron chi connectivity index (χ4n) is 4.99. The molecule has 2 amide bonds. The summed E-state index contributed by atoms with van der Waals surface area (Å²) in [6, 6.07) is 20.0. The average Bonchev–Trinajstić information content (AvgIpc) is 3.26. The molecule has 7 nitrogen and oxygen atoms in total. The van der Waals surface area contributed by atoms with Crippen LogP contribution in [0.2, 0.25) is 0 Å². The maximum Gasteiger partial charge on any atom is 0.261 e. The molecule has 0 aliphatic carbocycles. The second-order valence-electron chi connectivity index (χ2n) is 10.6. The minimum absolute atomic E-state index is 0.0407. The Hall–Kier alpha value is -4.01. The van der Waals surface area contributed by atoms with Gasteiger partial charge in [-0.2, -0.15) is 0 Å². The number of carbonyl (C=O) groups is 2. The number of piperazine rings is 1. The fourth-order valence-corrected chi connectivity index (χ4v) is 4.99. The number of likely N-dealkylation sites (N-methyl/N-ethyl adjacent to an activating group) is 1. The first-order chi connectivity index (χ1) is 19.9. The van der Waals surface area contributed by atoms with Gasteiger partial charge in [-0.3, -0.25) is 9.59 Å². The molecule has 0 bridgehead atoms. The molecule has 2 aliphatic heterocycles. The van der Waals surface area contributed by atoms with Gasteiger partial charge >= 0.3 is 0 Å². The van der Waals surface area contributed by atoms with Gasteiger partial charge in [-0.25, -0.2) is 9.29 Å². The number of nitrogens with zero attached hydrogens (tertiary/aromatic N) is 3. The van der Waals surface area contributed by atoms with Gasteiger partial charge < -0.3 is 19.3 Å². The van der Waals surface area contributed by atoms with Crippen LogP contribution < -0.4 is 14.4 Å². The summed E-state index contributed by atoms with van der Waals surface area (Å²) in [6.45, 7) is 6.48. The minimum Gasteiger partial charge on any atom is -0.494 e. The highest BCUT2D eigenvalue weighted by Gasteiger charge is 2.34. The van der Waals surface area contributed by atoms with Gasteiger partial charge in [0.15, 0.2) is 0 Å². The number of unbranched alkanes of at least 4 members (excludes halogenated alkanes) is 2. The lowest BCUT2D eigenvalue weighted by atomic mass is 10.1. The lowest BCUT2D eigenvalue weighted by Gasteiger charge is -2.32. The molecule has 214 valence electrons. The van der Waals surface area contributed by atoms with Gasteiger partial charge in [-0.15, -0.1) is 0 Å². The van der Waals surface area contributed by atoms with Gasteiger partial charge in [-0.05, 0) is 105 Å². The normalized spacial score (nSPS) is 17.4. The summed E-state index contributed by atoms with van der Waals surface area (Å²) >= 11 is 0. The molecule has 41 heavy (non-hydrogen) atoms. The van der Waals surface area contributed by atoms with Crippen LogP contribution in [-0.4, -0.2) is 68.0 Å². The first-order valence-corrected chi connectivity index (χ1v) is 14.2. The Labute approximate surface area is 240 Å². The Balaban J connectivity index is 1.08. The Bertz CT molecular complexity index is 1350. The Morgan fingerprint density at radius 1 is 0.780 bits per heavy atom. The van der Waals surface area contributed by atoms with Crippen LogP contribution in [0.5, 0.6) is 17.2 Å². The number of carbonyl (C=O) groups excluding carboxylic acids is 2. The minimum atomic E-state index is -0.343. The van der Waals surface area contributed by atoms with Crippen molar-refractivity contribution >= 4 is 23.6 Å². The van der Waals surface area contributed by atoms with Crippen LogP contribution in [0.15, 0.2) is 78.4 Å². The van der Waals surface area contributed by atoms with Gasteiger partial charge in [0.25, 0.3) is 5.91 Å². The van der Waals surface area contributed by atoms with E-state index in [1.165, 1.54) is 35.6 Å². The lowest BCUT2D eigenvalue weighted by Crippen LogP contribution is -2.44. The third-order valence-electron chi connectivity index (χ3n) is 7.42. The van der Waals surface area contributed by atoms with Gasteiger partial charge in [0, 0.05) is 31.8 Å². The summed E-state index contributed by atoms with van der Waals surface area (Å²) in [5.41, 5.74) is 1.75. The van der Waals surface area contributed by atoms with Crippen molar-refractivity contribution in [2.75, 3.05) is 51.3 Å². The van der Waals surface area contributed by atoms with Crippen molar-refractivity contribution in [3.63, 3.8) is 0 Å².